The molecule has 3 N–H and O–H groups in total. The Bertz CT molecular complexity index is 1040. The molecule has 2 aromatic rings. The number of piperidine rings is 1. The Morgan fingerprint density at radius 1 is 1.09 bits per heavy atom. The number of carbonyl (C=O) groups is 3. The number of nitrogens with zero attached hydrogens (tertiary/aromatic N) is 1. The standard InChI is InChI=1S/C24H28N4O4/c1-25-13-3-4-16-7-9-17(10-8-16)14-26-20-6-2-5-18-19(20)15-28(32,24(18)31)21-11-12-22(29)27-23(21)30/h2,5-10,21,25-26H,3-4,11-15H2,1H3,(H,27,29,30). The molecule has 0 bridgehead atoms. The van der Waals surface area contributed by atoms with Crippen molar-refractivity contribution in [2.45, 2.75) is 44.8 Å². The molecule has 1 fully saturated rings. The van der Waals surface area contributed by atoms with E-state index < -0.39 is 28.4 Å². The van der Waals surface area contributed by atoms with Crippen LogP contribution in [0.15, 0.2) is 42.5 Å². The number of hydrogen-bond donors (Lipinski definition) is 3. The summed E-state index contributed by atoms with van der Waals surface area (Å²) in [5.41, 5.74) is 4.07. The fraction of sp³-hybridized carbons (Fsp3) is 0.375. The molecule has 4 rings (SSSR count). The van der Waals surface area contributed by atoms with Gasteiger partial charge in [-0.1, -0.05) is 30.3 Å². The van der Waals surface area contributed by atoms with E-state index in [0.29, 0.717) is 17.7 Å². The number of carbonyl (C=O) groups excluding carboxylic acids is 3. The van der Waals surface area contributed by atoms with Crippen molar-refractivity contribution in [3.05, 3.63) is 69.9 Å². The molecule has 8 nitrogen and oxygen atoms in total. The van der Waals surface area contributed by atoms with Gasteiger partial charge in [-0.25, -0.2) is 4.79 Å². The maximum atomic E-state index is 13.5. The minimum atomic E-state index is -1.27. The van der Waals surface area contributed by atoms with Gasteiger partial charge in [0.15, 0.2) is 6.04 Å². The molecule has 32 heavy (non-hydrogen) atoms. The van der Waals surface area contributed by atoms with Gasteiger partial charge in [0.05, 0.1) is 5.56 Å². The summed E-state index contributed by atoms with van der Waals surface area (Å²) < 4.78 is -1.27. The van der Waals surface area contributed by atoms with Crippen molar-refractivity contribution in [3.63, 3.8) is 0 Å². The van der Waals surface area contributed by atoms with E-state index in [2.05, 4.69) is 40.2 Å². The van der Waals surface area contributed by atoms with Gasteiger partial charge in [0.25, 0.3) is 5.91 Å². The fourth-order valence-corrected chi connectivity index (χ4v) is 4.46. The zero-order chi connectivity index (χ0) is 22.7. The SMILES string of the molecule is CNCCCc1ccc(CNc2cccc3c2C[N+]([O-])(C2CCC(=O)NC2=O)C3=O)cc1. The first kappa shape index (κ1) is 22.1. The van der Waals surface area contributed by atoms with Gasteiger partial charge in [0.1, 0.15) is 6.54 Å². The van der Waals surface area contributed by atoms with E-state index in [-0.39, 0.29) is 19.4 Å². The van der Waals surface area contributed by atoms with Crippen LogP contribution in [0.5, 0.6) is 0 Å². The second-order valence-electron chi connectivity index (χ2n) is 8.43. The summed E-state index contributed by atoms with van der Waals surface area (Å²) in [5, 5.41) is 22.2. The van der Waals surface area contributed by atoms with Crippen molar-refractivity contribution in [2.24, 2.45) is 0 Å². The molecule has 168 valence electrons. The van der Waals surface area contributed by atoms with E-state index in [1.54, 1.807) is 12.1 Å². The van der Waals surface area contributed by atoms with Crippen LogP contribution >= 0.6 is 0 Å². The van der Waals surface area contributed by atoms with E-state index >= 15 is 0 Å². The normalized spacial score (nSPS) is 22.6. The summed E-state index contributed by atoms with van der Waals surface area (Å²) in [5.74, 6) is -1.69. The van der Waals surface area contributed by atoms with Gasteiger partial charge >= 0.3 is 5.91 Å². The Balaban J connectivity index is 1.46. The lowest BCUT2D eigenvalue weighted by Crippen LogP contribution is -2.60. The molecule has 2 heterocycles. The molecule has 3 amide bonds. The summed E-state index contributed by atoms with van der Waals surface area (Å²) in [7, 11) is 1.95. The Labute approximate surface area is 187 Å². The summed E-state index contributed by atoms with van der Waals surface area (Å²) in [6.07, 6.45) is 2.25. The predicted molar refractivity (Wildman–Crippen MR) is 120 cm³/mol. The highest BCUT2D eigenvalue weighted by Gasteiger charge is 2.50. The Morgan fingerprint density at radius 2 is 1.84 bits per heavy atom. The van der Waals surface area contributed by atoms with Gasteiger partial charge in [-0.05, 0) is 49.7 Å². The second kappa shape index (κ2) is 9.20. The molecular weight excluding hydrogens is 408 g/mol. The smallest absolute Gasteiger partial charge is 0.347 e. The van der Waals surface area contributed by atoms with Gasteiger partial charge in [0, 0.05) is 30.6 Å². The number of fused-ring (bicyclic) bond motifs is 1. The second-order valence-corrected chi connectivity index (χ2v) is 8.43. The molecule has 2 aliphatic rings. The Kier molecular flexibility index (Phi) is 6.36. The van der Waals surface area contributed by atoms with E-state index in [0.717, 1.165) is 30.6 Å². The lowest BCUT2D eigenvalue weighted by molar-refractivity contribution is -0.825. The number of aryl methyl sites for hydroxylation is 1. The molecule has 0 radical (unpaired) electrons. The van der Waals surface area contributed by atoms with Gasteiger partial charge in [-0.15, -0.1) is 0 Å². The zero-order valence-corrected chi connectivity index (χ0v) is 18.1. The predicted octanol–water partition coefficient (Wildman–Crippen LogP) is 2.22. The number of quaternary nitrogens is 1. The first-order chi connectivity index (χ1) is 15.4. The number of hydroxylamine groups is 3. The monoisotopic (exact) mass is 436 g/mol. The van der Waals surface area contributed by atoms with Crippen molar-refractivity contribution in [3.8, 4) is 0 Å². The van der Waals surface area contributed by atoms with E-state index in [9.17, 15) is 19.6 Å². The minimum Gasteiger partial charge on any atom is -0.624 e. The van der Waals surface area contributed by atoms with Crippen molar-refractivity contribution < 1.29 is 19.0 Å². The van der Waals surface area contributed by atoms with Crippen LogP contribution < -0.4 is 16.0 Å². The highest BCUT2D eigenvalue weighted by Crippen LogP contribution is 2.38. The van der Waals surface area contributed by atoms with Crippen LogP contribution in [-0.2, 0) is 29.1 Å². The van der Waals surface area contributed by atoms with Crippen LogP contribution in [0.2, 0.25) is 0 Å². The number of rotatable bonds is 8. The highest BCUT2D eigenvalue weighted by atomic mass is 16.6. The lowest BCUT2D eigenvalue weighted by Gasteiger charge is -2.42. The highest BCUT2D eigenvalue weighted by molar-refractivity contribution is 6.02. The van der Waals surface area contributed by atoms with Crippen LogP contribution in [0.3, 0.4) is 0 Å². The van der Waals surface area contributed by atoms with Crippen molar-refractivity contribution >= 4 is 23.4 Å². The summed E-state index contributed by atoms with van der Waals surface area (Å²) in [6, 6.07) is 12.5. The maximum Gasteiger partial charge on any atom is 0.347 e. The topological polar surface area (TPSA) is 110 Å². The van der Waals surface area contributed by atoms with Gasteiger partial charge < -0.3 is 15.8 Å². The van der Waals surface area contributed by atoms with Crippen LogP contribution in [0, 0.1) is 5.21 Å². The van der Waals surface area contributed by atoms with Gasteiger partial charge in [0.2, 0.25) is 5.91 Å². The van der Waals surface area contributed by atoms with E-state index in [1.807, 2.05) is 13.1 Å². The molecule has 0 saturated carbocycles. The number of nitrogens with one attached hydrogen (secondary N) is 3. The number of amides is 3. The molecule has 0 aromatic heterocycles. The van der Waals surface area contributed by atoms with E-state index in [1.165, 1.54) is 5.56 Å². The molecule has 2 atom stereocenters. The Hall–Kier alpha value is -3.07. The van der Waals surface area contributed by atoms with Gasteiger partial charge in [-0.2, -0.15) is 0 Å². The third kappa shape index (κ3) is 4.29. The van der Waals surface area contributed by atoms with Crippen LogP contribution in [0.4, 0.5) is 5.69 Å². The summed E-state index contributed by atoms with van der Waals surface area (Å²) in [6.45, 7) is 1.42. The van der Waals surface area contributed by atoms with E-state index in [4.69, 9.17) is 0 Å². The molecule has 2 aliphatic heterocycles. The minimum absolute atomic E-state index is 0.0678. The third-order valence-corrected chi connectivity index (χ3v) is 6.25. The molecule has 0 spiro atoms. The zero-order valence-electron chi connectivity index (χ0n) is 18.1. The summed E-state index contributed by atoms with van der Waals surface area (Å²) >= 11 is 0. The fourth-order valence-electron chi connectivity index (χ4n) is 4.46. The average Bonchev–Trinajstić information content (AvgIpc) is 3.05. The molecular formula is C24H28N4O4. The Morgan fingerprint density at radius 3 is 2.56 bits per heavy atom. The van der Waals surface area contributed by atoms with Crippen LogP contribution in [-0.4, -0.2) is 42.0 Å². The van der Waals surface area contributed by atoms with Crippen molar-refractivity contribution in [1.29, 1.82) is 0 Å². The number of anilines is 1. The van der Waals surface area contributed by atoms with Crippen molar-refractivity contribution in [1.82, 2.24) is 10.6 Å². The third-order valence-electron chi connectivity index (χ3n) is 6.25. The molecule has 8 heteroatoms. The first-order valence-electron chi connectivity index (χ1n) is 11.0. The molecule has 2 unspecified atom stereocenters. The van der Waals surface area contributed by atoms with Gasteiger partial charge in [-0.3, -0.25) is 19.6 Å². The number of benzene rings is 2. The lowest BCUT2D eigenvalue weighted by atomic mass is 10.0. The van der Waals surface area contributed by atoms with Crippen molar-refractivity contribution in [2.75, 3.05) is 18.9 Å². The average molecular weight is 437 g/mol. The largest absolute Gasteiger partial charge is 0.624 e. The number of imide groups is 1. The molecule has 2 aromatic carbocycles. The maximum absolute atomic E-state index is 13.5. The first-order valence-corrected chi connectivity index (χ1v) is 11.0. The summed E-state index contributed by atoms with van der Waals surface area (Å²) in [4.78, 5) is 36.7. The molecule has 0 aliphatic carbocycles. The van der Waals surface area contributed by atoms with Crippen LogP contribution in [0.25, 0.3) is 0 Å². The quantitative estimate of drug-likeness (QED) is 0.253. The van der Waals surface area contributed by atoms with Crippen LogP contribution in [0.1, 0.15) is 46.3 Å². The number of hydrogen-bond acceptors (Lipinski definition) is 6. The molecule has 1 saturated heterocycles.